The number of anilines is 1. The molecule has 2 aromatic carbocycles. The van der Waals surface area contributed by atoms with E-state index in [0.29, 0.717) is 10.7 Å². The standard InChI is InChI=1S/C16H17ClN2O2/c1-10-6-11(2)8-13(7-10)12(3)18-16-9-14(19(20)21)4-5-15(16)17/h4-9,12,18H,1-3H3. The Labute approximate surface area is 128 Å². The summed E-state index contributed by atoms with van der Waals surface area (Å²) in [6, 6.07) is 10.7. The third-order valence-electron chi connectivity index (χ3n) is 3.28. The molecule has 0 heterocycles. The monoisotopic (exact) mass is 304 g/mol. The molecule has 0 aliphatic heterocycles. The Morgan fingerprint density at radius 1 is 1.14 bits per heavy atom. The molecule has 0 aliphatic carbocycles. The summed E-state index contributed by atoms with van der Waals surface area (Å²) in [6.07, 6.45) is 0. The number of nitro benzene ring substituents is 1. The summed E-state index contributed by atoms with van der Waals surface area (Å²) < 4.78 is 0. The van der Waals surface area contributed by atoms with Crippen LogP contribution in [0, 0.1) is 24.0 Å². The van der Waals surface area contributed by atoms with Gasteiger partial charge in [-0.1, -0.05) is 40.9 Å². The number of benzene rings is 2. The van der Waals surface area contributed by atoms with Crippen molar-refractivity contribution in [2.24, 2.45) is 0 Å². The molecule has 0 bridgehead atoms. The minimum absolute atomic E-state index is 0.00287. The van der Waals surface area contributed by atoms with Gasteiger partial charge in [0.15, 0.2) is 0 Å². The molecule has 0 saturated carbocycles. The lowest BCUT2D eigenvalue weighted by molar-refractivity contribution is -0.384. The van der Waals surface area contributed by atoms with Crippen LogP contribution in [0.5, 0.6) is 0 Å². The second kappa shape index (κ2) is 6.14. The predicted molar refractivity (Wildman–Crippen MR) is 86.1 cm³/mol. The van der Waals surface area contributed by atoms with Crippen LogP contribution in [-0.2, 0) is 0 Å². The van der Waals surface area contributed by atoms with E-state index in [9.17, 15) is 10.1 Å². The molecule has 1 unspecified atom stereocenters. The van der Waals surface area contributed by atoms with Crippen LogP contribution in [0.4, 0.5) is 11.4 Å². The number of rotatable bonds is 4. The molecular formula is C16H17ClN2O2. The van der Waals surface area contributed by atoms with Crippen molar-refractivity contribution in [2.45, 2.75) is 26.8 Å². The highest BCUT2D eigenvalue weighted by atomic mass is 35.5. The normalized spacial score (nSPS) is 12.0. The van der Waals surface area contributed by atoms with Gasteiger partial charge >= 0.3 is 0 Å². The highest BCUT2D eigenvalue weighted by molar-refractivity contribution is 6.33. The molecule has 1 N–H and O–H groups in total. The number of hydrogen-bond acceptors (Lipinski definition) is 3. The number of hydrogen-bond donors (Lipinski definition) is 1. The first-order chi connectivity index (χ1) is 9.86. The number of halogens is 1. The van der Waals surface area contributed by atoms with Crippen molar-refractivity contribution in [3.63, 3.8) is 0 Å². The minimum atomic E-state index is -0.428. The van der Waals surface area contributed by atoms with Gasteiger partial charge in [-0.15, -0.1) is 0 Å². The van der Waals surface area contributed by atoms with Crippen molar-refractivity contribution >= 4 is 23.0 Å². The Kier molecular flexibility index (Phi) is 4.48. The van der Waals surface area contributed by atoms with Gasteiger partial charge in [-0.05, 0) is 32.4 Å². The second-order valence-corrected chi connectivity index (χ2v) is 5.62. The maximum Gasteiger partial charge on any atom is 0.271 e. The van der Waals surface area contributed by atoms with Crippen molar-refractivity contribution in [1.29, 1.82) is 0 Å². The molecule has 21 heavy (non-hydrogen) atoms. The average molecular weight is 305 g/mol. The first-order valence-electron chi connectivity index (χ1n) is 6.65. The average Bonchev–Trinajstić information content (AvgIpc) is 2.39. The fraction of sp³-hybridized carbons (Fsp3) is 0.250. The fourth-order valence-electron chi connectivity index (χ4n) is 2.31. The van der Waals surface area contributed by atoms with E-state index in [4.69, 9.17) is 11.6 Å². The summed E-state index contributed by atoms with van der Waals surface area (Å²) in [5.41, 5.74) is 4.08. The van der Waals surface area contributed by atoms with Crippen LogP contribution in [0.25, 0.3) is 0 Å². The van der Waals surface area contributed by atoms with Gasteiger partial charge in [-0.2, -0.15) is 0 Å². The van der Waals surface area contributed by atoms with Gasteiger partial charge in [0.25, 0.3) is 5.69 Å². The highest BCUT2D eigenvalue weighted by Gasteiger charge is 2.13. The summed E-state index contributed by atoms with van der Waals surface area (Å²) in [4.78, 5) is 10.4. The molecule has 0 aliphatic rings. The Bertz CT molecular complexity index is 666. The number of non-ortho nitro benzene ring substituents is 1. The van der Waals surface area contributed by atoms with Crippen molar-refractivity contribution in [3.8, 4) is 0 Å². The molecule has 0 radical (unpaired) electrons. The molecule has 110 valence electrons. The highest BCUT2D eigenvalue weighted by Crippen LogP contribution is 2.30. The number of aryl methyl sites for hydroxylation is 2. The largest absolute Gasteiger partial charge is 0.377 e. The lowest BCUT2D eigenvalue weighted by Gasteiger charge is -2.18. The van der Waals surface area contributed by atoms with Gasteiger partial charge in [0, 0.05) is 18.2 Å². The van der Waals surface area contributed by atoms with E-state index in [1.54, 1.807) is 0 Å². The Morgan fingerprint density at radius 3 is 2.33 bits per heavy atom. The van der Waals surface area contributed by atoms with Crippen LogP contribution in [0.1, 0.15) is 29.7 Å². The molecule has 0 saturated heterocycles. The number of nitrogens with zero attached hydrogens (tertiary/aromatic N) is 1. The second-order valence-electron chi connectivity index (χ2n) is 5.21. The SMILES string of the molecule is Cc1cc(C)cc(C(C)Nc2cc([N+](=O)[O-])ccc2Cl)c1. The zero-order chi connectivity index (χ0) is 15.6. The van der Waals surface area contributed by atoms with Crippen molar-refractivity contribution in [2.75, 3.05) is 5.32 Å². The molecule has 1 atom stereocenters. The summed E-state index contributed by atoms with van der Waals surface area (Å²) in [5, 5.41) is 14.6. The third kappa shape index (κ3) is 3.73. The lowest BCUT2D eigenvalue weighted by atomic mass is 10.0. The quantitative estimate of drug-likeness (QED) is 0.636. The molecule has 2 rings (SSSR count). The first kappa shape index (κ1) is 15.3. The Balaban J connectivity index is 2.28. The van der Waals surface area contributed by atoms with E-state index >= 15 is 0 Å². The van der Waals surface area contributed by atoms with Crippen molar-refractivity contribution < 1.29 is 4.92 Å². The third-order valence-corrected chi connectivity index (χ3v) is 3.61. The maximum absolute atomic E-state index is 10.8. The Hall–Kier alpha value is -2.07. The molecule has 4 nitrogen and oxygen atoms in total. The summed E-state index contributed by atoms with van der Waals surface area (Å²) >= 11 is 6.11. The van der Waals surface area contributed by atoms with Crippen LogP contribution in [0.3, 0.4) is 0 Å². The van der Waals surface area contributed by atoms with Crippen LogP contribution >= 0.6 is 11.6 Å². The van der Waals surface area contributed by atoms with E-state index in [1.165, 1.54) is 29.3 Å². The van der Waals surface area contributed by atoms with Crippen LogP contribution in [0.15, 0.2) is 36.4 Å². The van der Waals surface area contributed by atoms with E-state index < -0.39 is 4.92 Å². The van der Waals surface area contributed by atoms with Gasteiger partial charge in [-0.3, -0.25) is 10.1 Å². The van der Waals surface area contributed by atoms with Crippen LogP contribution in [0.2, 0.25) is 5.02 Å². The topological polar surface area (TPSA) is 55.2 Å². The van der Waals surface area contributed by atoms with Gasteiger partial charge in [-0.25, -0.2) is 0 Å². The molecule has 2 aromatic rings. The predicted octanol–water partition coefficient (Wildman–Crippen LogP) is 5.04. The van der Waals surface area contributed by atoms with E-state index in [-0.39, 0.29) is 11.7 Å². The number of nitrogens with one attached hydrogen (secondary N) is 1. The van der Waals surface area contributed by atoms with Gasteiger partial charge in [0.1, 0.15) is 0 Å². The van der Waals surface area contributed by atoms with Crippen molar-refractivity contribution in [1.82, 2.24) is 0 Å². The lowest BCUT2D eigenvalue weighted by Crippen LogP contribution is -2.08. The maximum atomic E-state index is 10.8. The first-order valence-corrected chi connectivity index (χ1v) is 7.03. The van der Waals surface area contributed by atoms with E-state index in [0.717, 1.165) is 5.56 Å². The molecule has 0 spiro atoms. The molecule has 0 aromatic heterocycles. The molecular weight excluding hydrogens is 288 g/mol. The van der Waals surface area contributed by atoms with Crippen LogP contribution < -0.4 is 5.32 Å². The fourth-order valence-corrected chi connectivity index (χ4v) is 2.49. The zero-order valence-electron chi connectivity index (χ0n) is 12.2. The molecule has 5 heteroatoms. The summed E-state index contributed by atoms with van der Waals surface area (Å²) in [5.74, 6) is 0. The van der Waals surface area contributed by atoms with E-state index in [1.807, 2.05) is 20.8 Å². The summed E-state index contributed by atoms with van der Waals surface area (Å²) in [6.45, 7) is 6.09. The Morgan fingerprint density at radius 2 is 1.76 bits per heavy atom. The van der Waals surface area contributed by atoms with Crippen molar-refractivity contribution in [3.05, 3.63) is 68.2 Å². The minimum Gasteiger partial charge on any atom is -0.377 e. The van der Waals surface area contributed by atoms with E-state index in [2.05, 4.69) is 23.5 Å². The van der Waals surface area contributed by atoms with Crippen LogP contribution in [-0.4, -0.2) is 4.92 Å². The molecule has 0 amide bonds. The zero-order valence-corrected chi connectivity index (χ0v) is 12.9. The number of nitro groups is 1. The summed E-state index contributed by atoms with van der Waals surface area (Å²) in [7, 11) is 0. The molecule has 0 fully saturated rings. The van der Waals surface area contributed by atoms with Gasteiger partial charge in [0.2, 0.25) is 0 Å². The van der Waals surface area contributed by atoms with Gasteiger partial charge < -0.3 is 5.32 Å². The van der Waals surface area contributed by atoms with Gasteiger partial charge in [0.05, 0.1) is 15.6 Å². The smallest absolute Gasteiger partial charge is 0.271 e.